The topological polar surface area (TPSA) is 34.1 Å². The molecule has 23 heavy (non-hydrogen) atoms. The average molecular weight is 319 g/mol. The van der Waals surface area contributed by atoms with Crippen molar-refractivity contribution in [3.8, 4) is 11.1 Å². The van der Waals surface area contributed by atoms with Crippen LogP contribution in [0, 0.1) is 0 Å². The minimum absolute atomic E-state index is 0.158. The van der Waals surface area contributed by atoms with Crippen LogP contribution in [0.4, 0.5) is 0 Å². The first kappa shape index (κ1) is 13.9. The molecule has 0 bridgehead atoms. The van der Waals surface area contributed by atoms with Gasteiger partial charge in [-0.1, -0.05) is 66.2 Å². The van der Waals surface area contributed by atoms with Crippen molar-refractivity contribution in [1.29, 1.82) is 0 Å². The van der Waals surface area contributed by atoms with Crippen LogP contribution in [0.1, 0.15) is 31.8 Å². The summed E-state index contributed by atoms with van der Waals surface area (Å²) in [6, 6.07) is 20.0. The molecule has 0 aliphatic heterocycles. The maximum atomic E-state index is 12.8. The maximum absolute atomic E-state index is 12.8. The smallest absolute Gasteiger partial charge is 0.196 e. The van der Waals surface area contributed by atoms with Crippen molar-refractivity contribution in [2.75, 3.05) is 0 Å². The summed E-state index contributed by atoms with van der Waals surface area (Å²) >= 11 is 6.35. The molecule has 0 unspecified atom stereocenters. The summed E-state index contributed by atoms with van der Waals surface area (Å²) in [6.07, 6.45) is 0. The standard InChI is InChI=1S/C20H11ClO2/c21-17-11-13(12-6-2-1-3-7-12)10-16-18(17)20(23)15-9-5-4-8-14(15)19(16)22/h1-11H. The summed E-state index contributed by atoms with van der Waals surface area (Å²) < 4.78 is 0. The van der Waals surface area contributed by atoms with Gasteiger partial charge in [0.25, 0.3) is 0 Å². The Balaban J connectivity index is 1.97. The van der Waals surface area contributed by atoms with Gasteiger partial charge in [-0.15, -0.1) is 0 Å². The third kappa shape index (κ3) is 2.11. The second kappa shape index (κ2) is 5.18. The van der Waals surface area contributed by atoms with Crippen LogP contribution in [0.5, 0.6) is 0 Å². The molecule has 0 saturated carbocycles. The van der Waals surface area contributed by atoms with Crippen LogP contribution < -0.4 is 0 Å². The summed E-state index contributed by atoms with van der Waals surface area (Å²) in [4.78, 5) is 25.5. The summed E-state index contributed by atoms with van der Waals surface area (Å²) in [6.45, 7) is 0. The number of carbonyl (C=O) groups excluding carboxylic acids is 2. The van der Waals surface area contributed by atoms with Crippen molar-refractivity contribution >= 4 is 23.2 Å². The molecule has 0 spiro atoms. The van der Waals surface area contributed by atoms with Crippen molar-refractivity contribution in [2.45, 2.75) is 0 Å². The van der Waals surface area contributed by atoms with E-state index >= 15 is 0 Å². The zero-order valence-corrected chi connectivity index (χ0v) is 12.8. The highest BCUT2D eigenvalue weighted by molar-refractivity contribution is 6.39. The maximum Gasteiger partial charge on any atom is 0.196 e. The lowest BCUT2D eigenvalue weighted by atomic mass is 9.82. The molecule has 0 saturated heterocycles. The predicted molar refractivity (Wildman–Crippen MR) is 90.2 cm³/mol. The minimum atomic E-state index is -0.195. The highest BCUT2D eigenvalue weighted by Crippen LogP contribution is 2.35. The van der Waals surface area contributed by atoms with E-state index in [1.165, 1.54) is 0 Å². The highest BCUT2D eigenvalue weighted by Gasteiger charge is 2.31. The lowest BCUT2D eigenvalue weighted by molar-refractivity contribution is 0.0979. The Morgan fingerprint density at radius 1 is 0.609 bits per heavy atom. The van der Waals surface area contributed by atoms with Crippen LogP contribution >= 0.6 is 11.6 Å². The van der Waals surface area contributed by atoms with Crippen LogP contribution in [-0.2, 0) is 0 Å². The van der Waals surface area contributed by atoms with Gasteiger partial charge in [0.15, 0.2) is 11.6 Å². The van der Waals surface area contributed by atoms with Gasteiger partial charge in [0.1, 0.15) is 0 Å². The van der Waals surface area contributed by atoms with Gasteiger partial charge in [-0.2, -0.15) is 0 Å². The van der Waals surface area contributed by atoms with Crippen LogP contribution in [0.3, 0.4) is 0 Å². The number of hydrogen-bond donors (Lipinski definition) is 0. The quantitative estimate of drug-likeness (QED) is 0.506. The second-order valence-electron chi connectivity index (χ2n) is 5.45. The van der Waals surface area contributed by atoms with E-state index < -0.39 is 0 Å². The molecule has 0 N–H and O–H groups in total. The first-order valence-electron chi connectivity index (χ1n) is 7.24. The third-order valence-electron chi connectivity index (χ3n) is 4.09. The monoisotopic (exact) mass is 318 g/mol. The van der Waals surface area contributed by atoms with E-state index in [0.29, 0.717) is 27.3 Å². The molecule has 1 aliphatic rings. The number of benzene rings is 3. The lowest BCUT2D eigenvalue weighted by Crippen LogP contribution is -2.21. The van der Waals surface area contributed by atoms with Crippen LogP contribution in [0.2, 0.25) is 5.02 Å². The van der Waals surface area contributed by atoms with Crippen molar-refractivity contribution in [3.05, 3.63) is 94.0 Å². The summed E-state index contributed by atoms with van der Waals surface area (Å²) in [7, 11) is 0. The molecule has 3 heteroatoms. The normalized spacial score (nSPS) is 12.7. The Morgan fingerprint density at radius 3 is 1.91 bits per heavy atom. The minimum Gasteiger partial charge on any atom is -0.289 e. The fourth-order valence-electron chi connectivity index (χ4n) is 2.97. The molecule has 3 aromatic carbocycles. The third-order valence-corrected chi connectivity index (χ3v) is 4.38. The van der Waals surface area contributed by atoms with Gasteiger partial charge >= 0.3 is 0 Å². The van der Waals surface area contributed by atoms with E-state index in [-0.39, 0.29) is 11.6 Å². The van der Waals surface area contributed by atoms with Crippen molar-refractivity contribution in [1.82, 2.24) is 0 Å². The van der Waals surface area contributed by atoms with E-state index in [1.807, 2.05) is 30.3 Å². The van der Waals surface area contributed by atoms with Crippen molar-refractivity contribution in [2.24, 2.45) is 0 Å². The molecule has 4 rings (SSSR count). The molecule has 0 amide bonds. The molecule has 0 heterocycles. The van der Waals surface area contributed by atoms with Crippen molar-refractivity contribution in [3.63, 3.8) is 0 Å². The Kier molecular flexibility index (Phi) is 3.14. The molecular weight excluding hydrogens is 308 g/mol. The molecule has 0 radical (unpaired) electrons. The molecule has 0 aromatic heterocycles. The van der Waals surface area contributed by atoms with E-state index in [9.17, 15) is 9.59 Å². The predicted octanol–water partition coefficient (Wildman–Crippen LogP) is 4.78. The zero-order chi connectivity index (χ0) is 16.0. The molecule has 3 aromatic rings. The molecule has 0 atom stereocenters. The Morgan fingerprint density at radius 2 is 1.22 bits per heavy atom. The van der Waals surface area contributed by atoms with Gasteiger partial charge < -0.3 is 0 Å². The summed E-state index contributed by atoms with van der Waals surface area (Å²) in [5, 5.41) is 0.314. The Bertz CT molecular complexity index is 959. The molecule has 2 nitrogen and oxygen atoms in total. The molecule has 110 valence electrons. The molecule has 0 fully saturated rings. The number of hydrogen-bond acceptors (Lipinski definition) is 2. The number of fused-ring (bicyclic) bond motifs is 2. The zero-order valence-electron chi connectivity index (χ0n) is 12.0. The second-order valence-corrected chi connectivity index (χ2v) is 5.86. The number of carbonyl (C=O) groups is 2. The average Bonchev–Trinajstić information content (AvgIpc) is 2.60. The fraction of sp³-hybridized carbons (Fsp3) is 0. The van der Waals surface area contributed by atoms with E-state index in [4.69, 9.17) is 11.6 Å². The van der Waals surface area contributed by atoms with Crippen LogP contribution in [-0.4, -0.2) is 11.6 Å². The molecular formula is C20H11ClO2. The Labute approximate surface area is 138 Å². The van der Waals surface area contributed by atoms with E-state index in [1.54, 1.807) is 36.4 Å². The molecule has 1 aliphatic carbocycles. The summed E-state index contributed by atoms with van der Waals surface area (Å²) in [5.74, 6) is -0.352. The first-order chi connectivity index (χ1) is 11.2. The SMILES string of the molecule is O=C1c2ccccc2C(=O)c2c(Cl)cc(-c3ccccc3)cc21. The first-order valence-corrected chi connectivity index (χ1v) is 7.62. The van der Waals surface area contributed by atoms with Gasteiger partial charge in [-0.3, -0.25) is 9.59 Å². The van der Waals surface area contributed by atoms with Crippen molar-refractivity contribution < 1.29 is 9.59 Å². The van der Waals surface area contributed by atoms with Gasteiger partial charge in [0.05, 0.1) is 10.6 Å². The van der Waals surface area contributed by atoms with E-state index in [2.05, 4.69) is 0 Å². The van der Waals surface area contributed by atoms with E-state index in [0.717, 1.165) is 11.1 Å². The van der Waals surface area contributed by atoms with Gasteiger partial charge in [-0.05, 0) is 23.3 Å². The van der Waals surface area contributed by atoms with Crippen LogP contribution in [0.25, 0.3) is 11.1 Å². The summed E-state index contributed by atoms with van der Waals surface area (Å²) in [5.41, 5.74) is 3.31. The number of rotatable bonds is 1. The fourth-order valence-corrected chi connectivity index (χ4v) is 3.28. The number of ketones is 2. The number of halogens is 1. The lowest BCUT2D eigenvalue weighted by Gasteiger charge is -2.19. The van der Waals surface area contributed by atoms with Crippen LogP contribution in [0.15, 0.2) is 66.7 Å². The highest BCUT2D eigenvalue weighted by atomic mass is 35.5. The van der Waals surface area contributed by atoms with Gasteiger partial charge in [0.2, 0.25) is 0 Å². The van der Waals surface area contributed by atoms with Gasteiger partial charge in [0, 0.05) is 16.7 Å². The Hall–Kier alpha value is -2.71. The van der Waals surface area contributed by atoms with Gasteiger partial charge in [-0.25, -0.2) is 0 Å². The largest absolute Gasteiger partial charge is 0.289 e.